The molecule has 21 heavy (non-hydrogen) atoms. The standard InChI is InChI=1S/C17H28BrNO2/c1-5-8-21-16-7-6-14(18)9-13(16)11-19-12-15(20)10-17(2,3)4/h6-7,9,15,19-20H,5,8,10-12H2,1-4H3. The van der Waals surface area contributed by atoms with Crippen LogP contribution < -0.4 is 10.1 Å². The molecule has 0 radical (unpaired) electrons. The summed E-state index contributed by atoms with van der Waals surface area (Å²) in [6, 6.07) is 6.04. The third kappa shape index (κ3) is 7.84. The Labute approximate surface area is 137 Å². The van der Waals surface area contributed by atoms with Gasteiger partial charge in [-0.15, -0.1) is 0 Å². The first kappa shape index (κ1) is 18.5. The summed E-state index contributed by atoms with van der Waals surface area (Å²) < 4.78 is 6.80. The summed E-state index contributed by atoms with van der Waals surface area (Å²) in [4.78, 5) is 0. The van der Waals surface area contributed by atoms with E-state index in [0.29, 0.717) is 13.1 Å². The third-order valence-electron chi connectivity index (χ3n) is 3.03. The molecule has 3 nitrogen and oxygen atoms in total. The maximum atomic E-state index is 10.0. The maximum absolute atomic E-state index is 10.0. The third-order valence-corrected chi connectivity index (χ3v) is 3.52. The monoisotopic (exact) mass is 357 g/mol. The fourth-order valence-electron chi connectivity index (χ4n) is 2.19. The zero-order valence-electron chi connectivity index (χ0n) is 13.6. The summed E-state index contributed by atoms with van der Waals surface area (Å²) in [6.45, 7) is 10.5. The van der Waals surface area contributed by atoms with Gasteiger partial charge in [0.2, 0.25) is 0 Å². The molecule has 0 aromatic heterocycles. The van der Waals surface area contributed by atoms with Gasteiger partial charge in [0.05, 0.1) is 12.7 Å². The largest absolute Gasteiger partial charge is 0.493 e. The lowest BCUT2D eigenvalue weighted by Crippen LogP contribution is -2.30. The minimum absolute atomic E-state index is 0.145. The molecule has 0 amide bonds. The van der Waals surface area contributed by atoms with Gasteiger partial charge in [0, 0.05) is 23.1 Å². The van der Waals surface area contributed by atoms with Gasteiger partial charge >= 0.3 is 0 Å². The minimum Gasteiger partial charge on any atom is -0.493 e. The van der Waals surface area contributed by atoms with Crippen molar-refractivity contribution in [3.05, 3.63) is 28.2 Å². The quantitative estimate of drug-likeness (QED) is 0.734. The van der Waals surface area contributed by atoms with E-state index in [2.05, 4.69) is 55.0 Å². The molecule has 0 aliphatic rings. The summed E-state index contributed by atoms with van der Waals surface area (Å²) in [5.74, 6) is 0.915. The molecule has 0 fully saturated rings. The number of nitrogens with one attached hydrogen (secondary N) is 1. The van der Waals surface area contributed by atoms with Crippen LogP contribution in [0.2, 0.25) is 0 Å². The molecule has 4 heteroatoms. The smallest absolute Gasteiger partial charge is 0.123 e. The number of aliphatic hydroxyl groups is 1. The van der Waals surface area contributed by atoms with Crippen LogP contribution in [0.4, 0.5) is 0 Å². The molecule has 2 N–H and O–H groups in total. The van der Waals surface area contributed by atoms with Crippen molar-refractivity contribution in [3.8, 4) is 5.75 Å². The van der Waals surface area contributed by atoms with Gasteiger partial charge in [-0.05, 0) is 36.5 Å². The number of aliphatic hydroxyl groups excluding tert-OH is 1. The molecule has 0 spiro atoms. The molecule has 0 saturated heterocycles. The molecule has 1 rings (SSSR count). The minimum atomic E-state index is -0.322. The fourth-order valence-corrected chi connectivity index (χ4v) is 2.60. The summed E-state index contributed by atoms with van der Waals surface area (Å²) in [7, 11) is 0. The van der Waals surface area contributed by atoms with Gasteiger partial charge in [0.15, 0.2) is 0 Å². The van der Waals surface area contributed by atoms with Gasteiger partial charge < -0.3 is 15.2 Å². The van der Waals surface area contributed by atoms with E-state index in [0.717, 1.165) is 35.2 Å². The van der Waals surface area contributed by atoms with Crippen LogP contribution in [-0.2, 0) is 6.54 Å². The Morgan fingerprint density at radius 2 is 2.05 bits per heavy atom. The summed E-state index contributed by atoms with van der Waals surface area (Å²) in [5.41, 5.74) is 1.26. The van der Waals surface area contributed by atoms with E-state index in [9.17, 15) is 5.11 Å². The molecule has 0 heterocycles. The lowest BCUT2D eigenvalue weighted by Gasteiger charge is -2.22. The predicted molar refractivity (Wildman–Crippen MR) is 91.7 cm³/mol. The molecule has 120 valence electrons. The second kappa shape index (κ2) is 8.76. The van der Waals surface area contributed by atoms with E-state index >= 15 is 0 Å². The highest BCUT2D eigenvalue weighted by Gasteiger charge is 2.16. The number of benzene rings is 1. The van der Waals surface area contributed by atoms with Crippen molar-refractivity contribution in [1.82, 2.24) is 5.32 Å². The Morgan fingerprint density at radius 3 is 2.67 bits per heavy atom. The Hall–Kier alpha value is -0.580. The molecular formula is C17H28BrNO2. The molecule has 1 unspecified atom stereocenters. The van der Waals surface area contributed by atoms with Crippen molar-refractivity contribution in [2.75, 3.05) is 13.2 Å². The van der Waals surface area contributed by atoms with Crippen LogP contribution in [0.15, 0.2) is 22.7 Å². The average Bonchev–Trinajstić information content (AvgIpc) is 2.35. The van der Waals surface area contributed by atoms with E-state index < -0.39 is 0 Å². The van der Waals surface area contributed by atoms with E-state index in [4.69, 9.17) is 4.74 Å². The van der Waals surface area contributed by atoms with E-state index in [1.54, 1.807) is 0 Å². The Morgan fingerprint density at radius 1 is 1.33 bits per heavy atom. The topological polar surface area (TPSA) is 41.5 Å². The van der Waals surface area contributed by atoms with Crippen molar-refractivity contribution >= 4 is 15.9 Å². The molecular weight excluding hydrogens is 330 g/mol. The van der Waals surface area contributed by atoms with Crippen molar-refractivity contribution in [1.29, 1.82) is 0 Å². The van der Waals surface area contributed by atoms with Gasteiger partial charge in [-0.2, -0.15) is 0 Å². The first-order valence-electron chi connectivity index (χ1n) is 7.62. The van der Waals surface area contributed by atoms with Gasteiger partial charge in [-0.1, -0.05) is 43.6 Å². The summed E-state index contributed by atoms with van der Waals surface area (Å²) in [5, 5.41) is 13.3. The molecule has 1 atom stereocenters. The summed E-state index contributed by atoms with van der Waals surface area (Å²) in [6.07, 6.45) is 1.46. The number of halogens is 1. The highest BCUT2D eigenvalue weighted by atomic mass is 79.9. The second-order valence-corrected chi connectivity index (χ2v) is 7.57. The van der Waals surface area contributed by atoms with Gasteiger partial charge in [-0.3, -0.25) is 0 Å². The van der Waals surface area contributed by atoms with Gasteiger partial charge in [0.25, 0.3) is 0 Å². The summed E-state index contributed by atoms with van der Waals surface area (Å²) >= 11 is 3.49. The highest BCUT2D eigenvalue weighted by molar-refractivity contribution is 9.10. The SMILES string of the molecule is CCCOc1ccc(Br)cc1CNCC(O)CC(C)(C)C. The van der Waals surface area contributed by atoms with E-state index in [1.807, 2.05) is 12.1 Å². The number of rotatable bonds is 8. The Kier molecular flexibility index (Phi) is 7.71. The molecule has 1 aromatic rings. The van der Waals surface area contributed by atoms with E-state index in [-0.39, 0.29) is 11.5 Å². The molecule has 0 aliphatic carbocycles. The first-order chi connectivity index (χ1) is 9.81. The number of hydrogen-bond acceptors (Lipinski definition) is 3. The molecule has 0 bridgehead atoms. The van der Waals surface area contributed by atoms with Crippen molar-refractivity contribution in [2.24, 2.45) is 5.41 Å². The molecule has 0 saturated carbocycles. The zero-order chi connectivity index (χ0) is 15.9. The van der Waals surface area contributed by atoms with Crippen LogP contribution >= 0.6 is 15.9 Å². The van der Waals surface area contributed by atoms with Gasteiger partial charge in [-0.25, -0.2) is 0 Å². The lowest BCUT2D eigenvalue weighted by atomic mass is 9.89. The maximum Gasteiger partial charge on any atom is 0.123 e. The van der Waals surface area contributed by atoms with Crippen LogP contribution in [0.25, 0.3) is 0 Å². The van der Waals surface area contributed by atoms with Gasteiger partial charge in [0.1, 0.15) is 5.75 Å². The predicted octanol–water partition coefficient (Wildman–Crippen LogP) is 4.12. The molecule has 1 aromatic carbocycles. The van der Waals surface area contributed by atoms with Crippen LogP contribution in [0.3, 0.4) is 0 Å². The van der Waals surface area contributed by atoms with Crippen LogP contribution in [-0.4, -0.2) is 24.4 Å². The van der Waals surface area contributed by atoms with Crippen molar-refractivity contribution < 1.29 is 9.84 Å². The average molecular weight is 358 g/mol. The normalized spacial score (nSPS) is 13.2. The zero-order valence-corrected chi connectivity index (χ0v) is 15.2. The highest BCUT2D eigenvalue weighted by Crippen LogP contribution is 2.24. The van der Waals surface area contributed by atoms with E-state index in [1.165, 1.54) is 0 Å². The van der Waals surface area contributed by atoms with Crippen LogP contribution in [0, 0.1) is 5.41 Å². The fraction of sp³-hybridized carbons (Fsp3) is 0.647. The van der Waals surface area contributed by atoms with Crippen LogP contribution in [0.5, 0.6) is 5.75 Å². The second-order valence-electron chi connectivity index (χ2n) is 6.65. The van der Waals surface area contributed by atoms with Crippen molar-refractivity contribution in [2.45, 2.75) is 53.2 Å². The molecule has 0 aliphatic heterocycles. The lowest BCUT2D eigenvalue weighted by molar-refractivity contribution is 0.119. The Balaban J connectivity index is 2.52. The van der Waals surface area contributed by atoms with Crippen molar-refractivity contribution in [3.63, 3.8) is 0 Å². The Bertz CT molecular complexity index is 429. The number of hydrogen-bond donors (Lipinski definition) is 2. The first-order valence-corrected chi connectivity index (χ1v) is 8.41. The van der Waals surface area contributed by atoms with Crippen LogP contribution in [0.1, 0.15) is 46.1 Å². The number of ether oxygens (including phenoxy) is 1.